The van der Waals surface area contributed by atoms with E-state index in [1.165, 1.54) is 6.20 Å². The highest BCUT2D eigenvalue weighted by atomic mass is 79.9. The predicted molar refractivity (Wildman–Crippen MR) is 84.6 cm³/mol. The second-order valence-electron chi connectivity index (χ2n) is 4.05. The number of pyridine rings is 1. The van der Waals surface area contributed by atoms with Gasteiger partial charge in [0, 0.05) is 22.6 Å². The van der Waals surface area contributed by atoms with Gasteiger partial charge in [-0.1, -0.05) is 11.6 Å². The Morgan fingerprint density at radius 2 is 2.20 bits per heavy atom. The molecule has 0 aliphatic carbocycles. The van der Waals surface area contributed by atoms with Gasteiger partial charge in [-0.3, -0.25) is 4.98 Å². The van der Waals surface area contributed by atoms with Gasteiger partial charge in [-0.25, -0.2) is 4.79 Å². The van der Waals surface area contributed by atoms with Crippen molar-refractivity contribution < 1.29 is 9.53 Å². The highest BCUT2D eigenvalue weighted by Crippen LogP contribution is 2.36. The van der Waals surface area contributed by atoms with Crippen LogP contribution in [0.3, 0.4) is 0 Å². The summed E-state index contributed by atoms with van der Waals surface area (Å²) in [6.45, 7) is 4.69. The zero-order valence-electron chi connectivity index (χ0n) is 11.2. The van der Waals surface area contributed by atoms with Crippen LogP contribution in [0.25, 0.3) is 10.9 Å². The van der Waals surface area contributed by atoms with E-state index in [0.717, 1.165) is 4.47 Å². The zero-order valence-corrected chi connectivity index (χ0v) is 13.5. The van der Waals surface area contributed by atoms with Crippen LogP contribution in [0.1, 0.15) is 24.2 Å². The van der Waals surface area contributed by atoms with Gasteiger partial charge in [-0.2, -0.15) is 0 Å². The fourth-order valence-electron chi connectivity index (χ4n) is 1.96. The van der Waals surface area contributed by atoms with Crippen molar-refractivity contribution in [1.82, 2.24) is 4.98 Å². The van der Waals surface area contributed by atoms with Crippen LogP contribution in [0.15, 0.2) is 22.8 Å². The van der Waals surface area contributed by atoms with Gasteiger partial charge in [0.2, 0.25) is 0 Å². The molecule has 0 amide bonds. The minimum atomic E-state index is -0.408. The number of ether oxygens (including phenoxy) is 1. The third kappa shape index (κ3) is 2.74. The molecule has 0 saturated carbocycles. The summed E-state index contributed by atoms with van der Waals surface area (Å²) in [5, 5.41) is 4.44. The molecule has 1 aromatic heterocycles. The standard InChI is InChI=1S/C14H14BrClN2O2/c1-3-17-12-8(14(19)20-4-2)7-18-13-9(15)5-6-10(16)11(12)13/h5-7H,3-4H2,1-2H3,(H,17,18). The maximum absolute atomic E-state index is 12.0. The van der Waals surface area contributed by atoms with Crippen molar-refractivity contribution in [3.05, 3.63) is 33.4 Å². The number of esters is 1. The van der Waals surface area contributed by atoms with Crippen LogP contribution in [-0.2, 0) is 4.74 Å². The lowest BCUT2D eigenvalue weighted by atomic mass is 10.1. The van der Waals surface area contributed by atoms with Gasteiger partial charge in [-0.15, -0.1) is 0 Å². The van der Waals surface area contributed by atoms with Crippen LogP contribution in [0.4, 0.5) is 5.69 Å². The first-order chi connectivity index (χ1) is 9.60. The number of fused-ring (bicyclic) bond motifs is 1. The number of carbonyl (C=O) groups excluding carboxylic acids is 1. The molecule has 1 heterocycles. The summed E-state index contributed by atoms with van der Waals surface area (Å²) < 4.78 is 5.89. The molecule has 2 rings (SSSR count). The number of carbonyl (C=O) groups is 1. The molecule has 4 nitrogen and oxygen atoms in total. The van der Waals surface area contributed by atoms with E-state index >= 15 is 0 Å². The van der Waals surface area contributed by atoms with E-state index in [1.807, 2.05) is 13.0 Å². The molecule has 0 atom stereocenters. The van der Waals surface area contributed by atoms with Crippen LogP contribution >= 0.6 is 27.5 Å². The van der Waals surface area contributed by atoms with Gasteiger partial charge < -0.3 is 10.1 Å². The summed E-state index contributed by atoms with van der Waals surface area (Å²) in [5.74, 6) is -0.408. The SMILES string of the molecule is CCNc1c(C(=O)OCC)cnc2c(Br)ccc(Cl)c12. The van der Waals surface area contributed by atoms with Crippen LogP contribution in [0, 0.1) is 0 Å². The molecule has 0 aliphatic rings. The fraction of sp³-hybridized carbons (Fsp3) is 0.286. The normalized spacial score (nSPS) is 10.6. The van der Waals surface area contributed by atoms with Crippen molar-refractivity contribution in [3.8, 4) is 0 Å². The van der Waals surface area contributed by atoms with E-state index in [9.17, 15) is 4.79 Å². The van der Waals surface area contributed by atoms with Gasteiger partial charge in [0.1, 0.15) is 5.56 Å². The zero-order chi connectivity index (χ0) is 14.7. The molecule has 106 valence electrons. The minimum absolute atomic E-state index is 0.314. The monoisotopic (exact) mass is 356 g/mol. The summed E-state index contributed by atoms with van der Waals surface area (Å²) in [6, 6.07) is 3.60. The number of nitrogens with one attached hydrogen (secondary N) is 1. The van der Waals surface area contributed by atoms with Crippen LogP contribution < -0.4 is 5.32 Å². The molecule has 0 saturated heterocycles. The van der Waals surface area contributed by atoms with Gasteiger partial charge in [-0.05, 0) is 41.9 Å². The Labute approximate surface area is 130 Å². The lowest BCUT2D eigenvalue weighted by Gasteiger charge is -2.14. The van der Waals surface area contributed by atoms with E-state index < -0.39 is 5.97 Å². The second-order valence-corrected chi connectivity index (χ2v) is 5.31. The third-order valence-corrected chi connectivity index (χ3v) is 3.72. The first-order valence-electron chi connectivity index (χ1n) is 6.27. The number of benzene rings is 1. The van der Waals surface area contributed by atoms with Gasteiger partial charge in [0.05, 0.1) is 22.8 Å². The Bertz CT molecular complexity index is 661. The Hall–Kier alpha value is -1.33. The molecular formula is C14H14BrClN2O2. The quantitative estimate of drug-likeness (QED) is 0.831. The number of rotatable bonds is 4. The maximum atomic E-state index is 12.0. The van der Waals surface area contributed by atoms with Crippen LogP contribution in [-0.4, -0.2) is 24.1 Å². The number of anilines is 1. The summed E-state index contributed by atoms with van der Waals surface area (Å²) in [7, 11) is 0. The Balaban J connectivity index is 2.74. The summed E-state index contributed by atoms with van der Waals surface area (Å²) in [5.41, 5.74) is 1.75. The average Bonchev–Trinajstić information content (AvgIpc) is 2.43. The molecular weight excluding hydrogens is 344 g/mol. The lowest BCUT2D eigenvalue weighted by molar-refractivity contribution is 0.0527. The number of nitrogens with zero attached hydrogens (tertiary/aromatic N) is 1. The molecule has 20 heavy (non-hydrogen) atoms. The fourth-order valence-corrected chi connectivity index (χ4v) is 2.64. The van der Waals surface area contributed by atoms with Crippen molar-refractivity contribution in [3.63, 3.8) is 0 Å². The van der Waals surface area contributed by atoms with Crippen molar-refractivity contribution in [2.24, 2.45) is 0 Å². The predicted octanol–water partition coefficient (Wildman–Crippen LogP) is 4.26. The van der Waals surface area contributed by atoms with E-state index in [2.05, 4.69) is 26.2 Å². The Morgan fingerprint density at radius 1 is 1.45 bits per heavy atom. The maximum Gasteiger partial charge on any atom is 0.341 e. The first-order valence-corrected chi connectivity index (χ1v) is 7.44. The first kappa shape index (κ1) is 15.1. The van der Waals surface area contributed by atoms with Crippen molar-refractivity contribution >= 4 is 50.1 Å². The molecule has 0 bridgehead atoms. The molecule has 6 heteroatoms. The molecule has 2 aromatic rings. The molecule has 1 N–H and O–H groups in total. The minimum Gasteiger partial charge on any atom is -0.462 e. The number of hydrogen-bond donors (Lipinski definition) is 1. The Morgan fingerprint density at radius 3 is 2.85 bits per heavy atom. The lowest BCUT2D eigenvalue weighted by Crippen LogP contribution is -2.11. The van der Waals surface area contributed by atoms with Gasteiger partial charge in [0.15, 0.2) is 0 Å². The smallest absolute Gasteiger partial charge is 0.341 e. The number of halogens is 2. The molecule has 0 spiro atoms. The van der Waals surface area contributed by atoms with E-state index in [1.54, 1.807) is 13.0 Å². The third-order valence-electron chi connectivity index (χ3n) is 2.77. The number of hydrogen-bond acceptors (Lipinski definition) is 4. The second kappa shape index (κ2) is 6.41. The largest absolute Gasteiger partial charge is 0.462 e. The molecule has 0 fully saturated rings. The van der Waals surface area contributed by atoms with Crippen molar-refractivity contribution in [1.29, 1.82) is 0 Å². The van der Waals surface area contributed by atoms with E-state index in [4.69, 9.17) is 16.3 Å². The van der Waals surface area contributed by atoms with Crippen LogP contribution in [0.5, 0.6) is 0 Å². The van der Waals surface area contributed by atoms with Gasteiger partial charge >= 0.3 is 5.97 Å². The average molecular weight is 358 g/mol. The summed E-state index contributed by atoms with van der Waals surface area (Å²) in [6.07, 6.45) is 1.51. The van der Waals surface area contributed by atoms with Crippen molar-refractivity contribution in [2.45, 2.75) is 13.8 Å². The number of aromatic nitrogens is 1. The van der Waals surface area contributed by atoms with E-state index in [-0.39, 0.29) is 0 Å². The molecule has 1 aromatic carbocycles. The van der Waals surface area contributed by atoms with Crippen LogP contribution in [0.2, 0.25) is 5.02 Å². The highest BCUT2D eigenvalue weighted by Gasteiger charge is 2.19. The molecule has 0 radical (unpaired) electrons. The van der Waals surface area contributed by atoms with Crippen molar-refractivity contribution in [2.75, 3.05) is 18.5 Å². The van der Waals surface area contributed by atoms with Gasteiger partial charge in [0.25, 0.3) is 0 Å². The topological polar surface area (TPSA) is 51.2 Å². The van der Waals surface area contributed by atoms with E-state index in [0.29, 0.717) is 40.3 Å². The molecule has 0 aliphatic heterocycles. The highest BCUT2D eigenvalue weighted by molar-refractivity contribution is 9.10. The summed E-state index contributed by atoms with van der Waals surface area (Å²) in [4.78, 5) is 16.3. The Kier molecular flexibility index (Phi) is 4.83. The summed E-state index contributed by atoms with van der Waals surface area (Å²) >= 11 is 9.71. The molecule has 0 unspecified atom stereocenters.